The number of methoxy groups -OCH3 is 2. The van der Waals surface area contributed by atoms with Crippen molar-refractivity contribution in [3.05, 3.63) is 52.3 Å². The first-order chi connectivity index (χ1) is 11.1. The smallest absolute Gasteiger partial charge is 0.162 e. The molecule has 24 heavy (non-hydrogen) atoms. The summed E-state index contributed by atoms with van der Waals surface area (Å²) in [4.78, 5) is 9.01. The maximum atomic E-state index is 6.09. The molecule has 5 nitrogen and oxygen atoms in total. The number of nitrogens with zero attached hydrogens (tertiary/aromatic N) is 2. The van der Waals surface area contributed by atoms with E-state index in [0.29, 0.717) is 29.6 Å². The topological polar surface area (TPSA) is 70.3 Å². The zero-order valence-corrected chi connectivity index (χ0v) is 15.6. The molecule has 0 saturated heterocycles. The molecule has 7 heteroatoms. The number of halogens is 2. The normalized spacial score (nSPS) is 10.3. The van der Waals surface area contributed by atoms with Crippen LogP contribution in [0.4, 0.5) is 5.82 Å². The molecule has 0 aliphatic rings. The fourth-order valence-corrected chi connectivity index (χ4v) is 2.66. The Kier molecular flexibility index (Phi) is 5.85. The van der Waals surface area contributed by atoms with Gasteiger partial charge in [-0.3, -0.25) is 0 Å². The molecule has 0 bridgehead atoms. The average Bonchev–Trinajstić information content (AvgIpc) is 2.56. The van der Waals surface area contributed by atoms with Gasteiger partial charge in [-0.1, -0.05) is 28.1 Å². The van der Waals surface area contributed by atoms with Crippen molar-refractivity contribution < 1.29 is 9.47 Å². The number of anilines is 1. The third-order valence-corrected chi connectivity index (χ3v) is 4.08. The summed E-state index contributed by atoms with van der Waals surface area (Å²) in [7, 11) is 3.18. The first kappa shape index (κ1) is 18.3. The average molecular weight is 411 g/mol. The summed E-state index contributed by atoms with van der Waals surface area (Å²) in [6, 6.07) is 11.7. The van der Waals surface area contributed by atoms with Gasteiger partial charge < -0.3 is 15.2 Å². The van der Waals surface area contributed by atoms with E-state index in [1.807, 2.05) is 30.3 Å². The van der Waals surface area contributed by atoms with Gasteiger partial charge in [-0.2, -0.15) is 0 Å². The van der Waals surface area contributed by atoms with Crippen molar-refractivity contribution in [2.24, 2.45) is 0 Å². The highest BCUT2D eigenvalue weighted by Crippen LogP contribution is 2.33. The monoisotopic (exact) mass is 409 g/mol. The molecule has 0 atom stereocenters. The predicted molar refractivity (Wildman–Crippen MR) is 101 cm³/mol. The standard InChI is InChI=1S/C17H16BrN3O2.ClH/c1-22-14-8-12-13(9-15(14)23-2)20-16(21-17(12)19)7-10-3-5-11(18)6-4-10;/h3-6,8-9H,7H2,1-2H3,(H2,19,20,21);1H. The molecule has 1 heterocycles. The van der Waals surface area contributed by atoms with Gasteiger partial charge in [0.1, 0.15) is 11.6 Å². The number of nitrogens with two attached hydrogens (primary N) is 1. The lowest BCUT2D eigenvalue weighted by atomic mass is 10.1. The quantitative estimate of drug-likeness (QED) is 0.704. The molecule has 126 valence electrons. The molecule has 3 aromatic rings. The van der Waals surface area contributed by atoms with Gasteiger partial charge in [0.15, 0.2) is 11.5 Å². The van der Waals surface area contributed by atoms with Crippen molar-refractivity contribution in [2.45, 2.75) is 6.42 Å². The van der Waals surface area contributed by atoms with E-state index in [2.05, 4.69) is 25.9 Å². The Bertz CT molecular complexity index is 857. The number of aromatic nitrogens is 2. The van der Waals surface area contributed by atoms with Gasteiger partial charge >= 0.3 is 0 Å². The summed E-state index contributed by atoms with van der Waals surface area (Å²) in [5.74, 6) is 2.33. The van der Waals surface area contributed by atoms with E-state index in [9.17, 15) is 0 Å². The fourth-order valence-electron chi connectivity index (χ4n) is 2.39. The van der Waals surface area contributed by atoms with Gasteiger partial charge in [-0.25, -0.2) is 9.97 Å². The minimum atomic E-state index is 0. The number of hydrogen-bond donors (Lipinski definition) is 1. The molecule has 0 aliphatic carbocycles. The lowest BCUT2D eigenvalue weighted by Gasteiger charge is -2.11. The van der Waals surface area contributed by atoms with Gasteiger partial charge in [0.05, 0.1) is 19.7 Å². The van der Waals surface area contributed by atoms with Crippen LogP contribution in [0, 0.1) is 0 Å². The predicted octanol–water partition coefficient (Wildman–Crippen LogP) is 4.00. The molecule has 2 N–H and O–H groups in total. The lowest BCUT2D eigenvalue weighted by molar-refractivity contribution is 0.356. The Balaban J connectivity index is 0.00000208. The highest BCUT2D eigenvalue weighted by atomic mass is 79.9. The molecular weight excluding hydrogens is 394 g/mol. The third-order valence-electron chi connectivity index (χ3n) is 3.55. The Morgan fingerprint density at radius 3 is 2.25 bits per heavy atom. The fraction of sp³-hybridized carbons (Fsp3) is 0.176. The van der Waals surface area contributed by atoms with Crippen LogP contribution in [0.25, 0.3) is 10.9 Å². The highest BCUT2D eigenvalue weighted by molar-refractivity contribution is 9.10. The van der Waals surface area contributed by atoms with Crippen LogP contribution in [0.15, 0.2) is 40.9 Å². The molecule has 0 radical (unpaired) electrons. The van der Waals surface area contributed by atoms with Crippen molar-refractivity contribution in [2.75, 3.05) is 20.0 Å². The van der Waals surface area contributed by atoms with Crippen LogP contribution in [0.3, 0.4) is 0 Å². The highest BCUT2D eigenvalue weighted by Gasteiger charge is 2.12. The molecule has 0 spiro atoms. The number of hydrogen-bond acceptors (Lipinski definition) is 5. The van der Waals surface area contributed by atoms with Crippen molar-refractivity contribution in [1.82, 2.24) is 9.97 Å². The van der Waals surface area contributed by atoms with Crippen LogP contribution in [0.1, 0.15) is 11.4 Å². The first-order valence-electron chi connectivity index (χ1n) is 7.03. The number of nitrogen functional groups attached to an aromatic ring is 1. The van der Waals surface area contributed by atoms with E-state index in [1.165, 1.54) is 0 Å². The number of ether oxygens (including phenoxy) is 2. The van der Waals surface area contributed by atoms with Crippen LogP contribution in [-0.4, -0.2) is 24.2 Å². The van der Waals surface area contributed by atoms with Gasteiger partial charge in [-0.05, 0) is 23.8 Å². The van der Waals surface area contributed by atoms with Crippen LogP contribution in [0.2, 0.25) is 0 Å². The number of benzene rings is 2. The van der Waals surface area contributed by atoms with E-state index in [1.54, 1.807) is 20.3 Å². The van der Waals surface area contributed by atoms with Gasteiger partial charge in [0.25, 0.3) is 0 Å². The van der Waals surface area contributed by atoms with Crippen molar-refractivity contribution in [3.63, 3.8) is 0 Å². The summed E-state index contributed by atoms with van der Waals surface area (Å²) < 4.78 is 11.7. The SMILES string of the molecule is COc1cc2nc(Cc3ccc(Br)cc3)nc(N)c2cc1OC.Cl. The van der Waals surface area contributed by atoms with Crippen molar-refractivity contribution in [3.8, 4) is 11.5 Å². The number of rotatable bonds is 4. The van der Waals surface area contributed by atoms with Crippen LogP contribution < -0.4 is 15.2 Å². The van der Waals surface area contributed by atoms with Crippen LogP contribution in [-0.2, 0) is 6.42 Å². The van der Waals surface area contributed by atoms with Crippen molar-refractivity contribution in [1.29, 1.82) is 0 Å². The molecule has 3 rings (SSSR count). The van der Waals surface area contributed by atoms with E-state index in [0.717, 1.165) is 20.9 Å². The maximum Gasteiger partial charge on any atom is 0.162 e. The summed E-state index contributed by atoms with van der Waals surface area (Å²) in [5.41, 5.74) is 7.95. The van der Waals surface area contributed by atoms with Crippen LogP contribution >= 0.6 is 28.3 Å². The molecule has 1 aromatic heterocycles. The molecule has 0 fully saturated rings. The largest absolute Gasteiger partial charge is 0.493 e. The Labute approximate surface area is 154 Å². The van der Waals surface area contributed by atoms with Crippen LogP contribution in [0.5, 0.6) is 11.5 Å². The molecule has 2 aromatic carbocycles. The molecular formula is C17H17BrClN3O2. The molecule has 0 saturated carbocycles. The molecule has 0 aliphatic heterocycles. The summed E-state index contributed by atoms with van der Waals surface area (Å²) in [5, 5.41) is 0.752. The van der Waals surface area contributed by atoms with Gasteiger partial charge in [-0.15, -0.1) is 12.4 Å². The second-order valence-electron chi connectivity index (χ2n) is 5.05. The third kappa shape index (κ3) is 3.71. The zero-order valence-electron chi connectivity index (χ0n) is 13.2. The lowest BCUT2D eigenvalue weighted by Crippen LogP contribution is -2.03. The van der Waals surface area contributed by atoms with E-state index < -0.39 is 0 Å². The van der Waals surface area contributed by atoms with E-state index >= 15 is 0 Å². The van der Waals surface area contributed by atoms with Gasteiger partial charge in [0.2, 0.25) is 0 Å². The minimum absolute atomic E-state index is 0. The minimum Gasteiger partial charge on any atom is -0.493 e. The Morgan fingerprint density at radius 2 is 1.62 bits per heavy atom. The van der Waals surface area contributed by atoms with E-state index in [4.69, 9.17) is 15.2 Å². The zero-order chi connectivity index (χ0) is 16.4. The number of fused-ring (bicyclic) bond motifs is 1. The summed E-state index contributed by atoms with van der Waals surface area (Å²) >= 11 is 3.43. The second-order valence-corrected chi connectivity index (χ2v) is 5.97. The Morgan fingerprint density at radius 1 is 1.00 bits per heavy atom. The molecule has 0 unspecified atom stereocenters. The molecule has 0 amide bonds. The Hall–Kier alpha value is -2.05. The summed E-state index contributed by atoms with van der Waals surface area (Å²) in [6.45, 7) is 0. The van der Waals surface area contributed by atoms with Crippen molar-refractivity contribution >= 4 is 45.1 Å². The first-order valence-corrected chi connectivity index (χ1v) is 7.82. The second kappa shape index (κ2) is 7.68. The van der Waals surface area contributed by atoms with Gasteiger partial charge in [0, 0.05) is 22.3 Å². The maximum absolute atomic E-state index is 6.09. The van der Waals surface area contributed by atoms with E-state index in [-0.39, 0.29) is 12.4 Å². The summed E-state index contributed by atoms with van der Waals surface area (Å²) in [6.07, 6.45) is 0.613.